The number of hydrogen-bond acceptors (Lipinski definition) is 0. The highest BCUT2D eigenvalue weighted by atomic mass is 19.2. The fraction of sp³-hybridized carbons (Fsp3) is 0.200. The summed E-state index contributed by atoms with van der Waals surface area (Å²) in [5.74, 6) is -0.782. The summed E-state index contributed by atoms with van der Waals surface area (Å²) in [5.41, 5.74) is 0. The van der Waals surface area contributed by atoms with E-state index in [4.69, 9.17) is 0 Å². The van der Waals surface area contributed by atoms with Crippen LogP contribution in [0.4, 0.5) is 8.78 Å². The van der Waals surface area contributed by atoms with Gasteiger partial charge in [0, 0.05) is 6.42 Å². The number of hydrogen-bond donors (Lipinski definition) is 0. The van der Waals surface area contributed by atoms with E-state index < -0.39 is 5.83 Å². The first-order chi connectivity index (χ1) is 3.31. The Kier molecular flexibility index (Phi) is 3.19. The van der Waals surface area contributed by atoms with Gasteiger partial charge in [-0.2, -0.15) is 0 Å². The van der Waals surface area contributed by atoms with Gasteiger partial charge in [0.05, 0.1) is 0 Å². The maximum atomic E-state index is 11.5. The van der Waals surface area contributed by atoms with Gasteiger partial charge in [0.2, 0.25) is 0 Å². The largest absolute Gasteiger partial charge is 0.213 e. The third-order valence-electron chi connectivity index (χ3n) is 0.458. The van der Waals surface area contributed by atoms with E-state index in [0.29, 0.717) is 0 Å². The van der Waals surface area contributed by atoms with Crippen LogP contribution in [0.15, 0.2) is 24.8 Å². The molecule has 0 aromatic heterocycles. The van der Waals surface area contributed by atoms with Crippen molar-refractivity contribution in [2.24, 2.45) is 0 Å². The van der Waals surface area contributed by atoms with Crippen molar-refractivity contribution in [1.82, 2.24) is 0 Å². The molecule has 0 aromatic rings. The lowest BCUT2D eigenvalue weighted by Crippen LogP contribution is -1.63. The molecule has 2 heteroatoms. The number of rotatable bonds is 2. The standard InChI is InChI=1S/C5H6F2/c1-2-3-5(7)4-6/h2,4H,1,3H2. The van der Waals surface area contributed by atoms with Gasteiger partial charge in [-0.25, -0.2) is 8.78 Å². The summed E-state index contributed by atoms with van der Waals surface area (Å²) in [6.45, 7) is 3.20. The smallest absolute Gasteiger partial charge is 0.132 e. The Labute approximate surface area is 41.2 Å². The maximum Gasteiger partial charge on any atom is 0.132 e. The van der Waals surface area contributed by atoms with E-state index >= 15 is 0 Å². The highest BCUT2D eigenvalue weighted by Gasteiger charge is 1.84. The average Bonchev–Trinajstić information content (AvgIpc) is 1.68. The topological polar surface area (TPSA) is 0 Å². The van der Waals surface area contributed by atoms with Crippen LogP contribution in [0.3, 0.4) is 0 Å². The second kappa shape index (κ2) is 3.53. The molecule has 0 saturated heterocycles. The molecule has 0 fully saturated rings. The molecule has 40 valence electrons. The van der Waals surface area contributed by atoms with Crippen LogP contribution < -0.4 is 0 Å². The Balaban J connectivity index is 3.36. The Morgan fingerprint density at radius 3 is 2.43 bits per heavy atom. The predicted molar refractivity (Wildman–Crippen MR) is 25.1 cm³/mol. The van der Waals surface area contributed by atoms with Crippen molar-refractivity contribution < 1.29 is 8.78 Å². The lowest BCUT2D eigenvalue weighted by molar-refractivity contribution is 0.568. The Hall–Kier alpha value is -0.660. The highest BCUT2D eigenvalue weighted by molar-refractivity contribution is 4.91. The molecule has 7 heavy (non-hydrogen) atoms. The van der Waals surface area contributed by atoms with Crippen LogP contribution in [-0.4, -0.2) is 0 Å². The third-order valence-corrected chi connectivity index (χ3v) is 0.458. The molecule has 0 rings (SSSR count). The predicted octanol–water partition coefficient (Wildman–Crippen LogP) is 2.34. The van der Waals surface area contributed by atoms with Crippen molar-refractivity contribution in [3.05, 3.63) is 24.8 Å². The van der Waals surface area contributed by atoms with E-state index in [-0.39, 0.29) is 12.8 Å². The van der Waals surface area contributed by atoms with Crippen LogP contribution in [0.1, 0.15) is 6.42 Å². The molecule has 0 amide bonds. The first kappa shape index (κ1) is 6.34. The quantitative estimate of drug-likeness (QED) is 0.471. The minimum atomic E-state index is -0.782. The van der Waals surface area contributed by atoms with E-state index in [9.17, 15) is 8.78 Å². The Morgan fingerprint density at radius 2 is 2.29 bits per heavy atom. The summed E-state index contributed by atoms with van der Waals surface area (Å²) in [6.07, 6.45) is 1.21. The van der Waals surface area contributed by atoms with Gasteiger partial charge in [0.25, 0.3) is 0 Å². The molecule has 0 aliphatic rings. The van der Waals surface area contributed by atoms with Gasteiger partial charge in [-0.05, 0) is 0 Å². The fourth-order valence-electron chi connectivity index (χ4n) is 0.182. The average molecular weight is 104 g/mol. The minimum Gasteiger partial charge on any atom is -0.213 e. The van der Waals surface area contributed by atoms with Crippen LogP contribution in [0.2, 0.25) is 0 Å². The molecule has 0 bridgehead atoms. The van der Waals surface area contributed by atoms with E-state index in [0.717, 1.165) is 0 Å². The number of allylic oxidation sites excluding steroid dienone is 2. The zero-order chi connectivity index (χ0) is 5.70. The van der Waals surface area contributed by atoms with Gasteiger partial charge in [-0.3, -0.25) is 0 Å². The van der Waals surface area contributed by atoms with Crippen LogP contribution in [-0.2, 0) is 0 Å². The zero-order valence-electron chi connectivity index (χ0n) is 3.82. The van der Waals surface area contributed by atoms with Gasteiger partial charge in [0.1, 0.15) is 12.2 Å². The maximum absolute atomic E-state index is 11.5. The third kappa shape index (κ3) is 3.16. The summed E-state index contributed by atoms with van der Waals surface area (Å²) < 4.78 is 22.5. The molecular formula is C5H6F2. The van der Waals surface area contributed by atoms with Crippen LogP contribution >= 0.6 is 0 Å². The second-order valence-electron chi connectivity index (χ2n) is 1.05. The first-order valence-corrected chi connectivity index (χ1v) is 1.87. The van der Waals surface area contributed by atoms with E-state index in [1.165, 1.54) is 6.08 Å². The van der Waals surface area contributed by atoms with Crippen LogP contribution in [0, 0.1) is 0 Å². The van der Waals surface area contributed by atoms with Crippen molar-refractivity contribution >= 4 is 0 Å². The molecular weight excluding hydrogens is 98.1 g/mol. The molecule has 0 saturated carbocycles. The summed E-state index contributed by atoms with van der Waals surface area (Å²) in [4.78, 5) is 0. The lowest BCUT2D eigenvalue weighted by Gasteiger charge is -1.79. The highest BCUT2D eigenvalue weighted by Crippen LogP contribution is 2.01. The van der Waals surface area contributed by atoms with Crippen molar-refractivity contribution in [2.75, 3.05) is 0 Å². The zero-order valence-corrected chi connectivity index (χ0v) is 3.82. The Morgan fingerprint density at radius 1 is 1.71 bits per heavy atom. The summed E-state index contributed by atoms with van der Waals surface area (Å²) in [5, 5.41) is 0. The van der Waals surface area contributed by atoms with Gasteiger partial charge >= 0.3 is 0 Å². The second-order valence-corrected chi connectivity index (χ2v) is 1.05. The van der Waals surface area contributed by atoms with E-state index in [2.05, 4.69) is 6.58 Å². The molecule has 0 heterocycles. The molecule has 0 nitrogen and oxygen atoms in total. The molecule has 0 unspecified atom stereocenters. The first-order valence-electron chi connectivity index (χ1n) is 1.87. The SMILES string of the molecule is C=CCC(F)=CF. The summed E-state index contributed by atoms with van der Waals surface area (Å²) in [6, 6.07) is 0. The molecule has 0 spiro atoms. The van der Waals surface area contributed by atoms with Crippen molar-refractivity contribution in [3.63, 3.8) is 0 Å². The van der Waals surface area contributed by atoms with Crippen molar-refractivity contribution in [2.45, 2.75) is 6.42 Å². The van der Waals surface area contributed by atoms with Crippen molar-refractivity contribution in [1.29, 1.82) is 0 Å². The van der Waals surface area contributed by atoms with E-state index in [1.807, 2.05) is 0 Å². The number of halogens is 2. The molecule has 0 aliphatic heterocycles. The monoisotopic (exact) mass is 104 g/mol. The molecule has 0 aromatic carbocycles. The summed E-state index contributed by atoms with van der Waals surface area (Å²) in [7, 11) is 0. The van der Waals surface area contributed by atoms with Gasteiger partial charge < -0.3 is 0 Å². The molecule has 0 N–H and O–H groups in total. The van der Waals surface area contributed by atoms with E-state index in [1.54, 1.807) is 0 Å². The fourth-order valence-corrected chi connectivity index (χ4v) is 0.182. The van der Waals surface area contributed by atoms with Crippen LogP contribution in [0.25, 0.3) is 0 Å². The van der Waals surface area contributed by atoms with Gasteiger partial charge in [0.15, 0.2) is 0 Å². The van der Waals surface area contributed by atoms with Gasteiger partial charge in [-0.15, -0.1) is 6.58 Å². The summed E-state index contributed by atoms with van der Waals surface area (Å²) >= 11 is 0. The normalized spacial score (nSPS) is 11.4. The molecule has 0 aliphatic carbocycles. The van der Waals surface area contributed by atoms with Gasteiger partial charge in [-0.1, -0.05) is 6.08 Å². The van der Waals surface area contributed by atoms with Crippen LogP contribution in [0.5, 0.6) is 0 Å². The van der Waals surface area contributed by atoms with Crippen molar-refractivity contribution in [3.8, 4) is 0 Å². The molecule has 0 atom stereocenters. The molecule has 0 radical (unpaired) electrons. The lowest BCUT2D eigenvalue weighted by atomic mass is 10.4. The minimum absolute atomic E-state index is 0.0174. The Bertz CT molecular complexity index is 84.1.